The number of carbonyl (C=O) groups excluding carboxylic acids is 2. The Morgan fingerprint density at radius 2 is 1.51 bits per heavy atom. The smallest absolute Gasteiger partial charge is 0.318 e. The fourth-order valence-corrected chi connectivity index (χ4v) is 5.58. The van der Waals surface area contributed by atoms with Crippen LogP contribution < -0.4 is 5.32 Å². The van der Waals surface area contributed by atoms with Gasteiger partial charge in [-0.1, -0.05) is 79.9 Å². The van der Waals surface area contributed by atoms with E-state index in [0.29, 0.717) is 19.6 Å². The number of hydrogen-bond acceptors (Lipinski definition) is 3. The van der Waals surface area contributed by atoms with Crippen molar-refractivity contribution in [2.75, 3.05) is 6.54 Å². The van der Waals surface area contributed by atoms with Crippen molar-refractivity contribution in [3.8, 4) is 0 Å². The average molecular weight is 490 g/mol. The fraction of sp³-hybridized carbons (Fsp3) is 0.379. The summed E-state index contributed by atoms with van der Waals surface area (Å²) in [6.45, 7) is 3.72. The normalized spacial score (nSPS) is 13.9. The van der Waals surface area contributed by atoms with Gasteiger partial charge in [0, 0.05) is 28.9 Å². The van der Waals surface area contributed by atoms with Crippen LogP contribution in [-0.4, -0.2) is 34.3 Å². The van der Waals surface area contributed by atoms with E-state index in [2.05, 4.69) is 24.4 Å². The van der Waals surface area contributed by atoms with Crippen molar-refractivity contribution >= 4 is 23.3 Å². The first-order chi connectivity index (χ1) is 17.1. The van der Waals surface area contributed by atoms with Crippen LogP contribution in [0.25, 0.3) is 0 Å². The van der Waals surface area contributed by atoms with Crippen molar-refractivity contribution in [1.82, 2.24) is 15.1 Å². The molecule has 0 radical (unpaired) electrons. The standard InChI is InChI=1S/C29H35N3O2S/c1-23-17-18-27(35-23)21-31(20-25-13-7-3-8-14-25)28(33)22-32(26-15-9-4-10-16-26)29(34)30-19-24-11-5-2-6-12-24/h2-3,5-8,11-14,17-18,26H,4,9-10,15-16,19-22H2,1H3,(H,30,34). The molecule has 0 atom stereocenters. The van der Waals surface area contributed by atoms with Crippen LogP contribution in [0.2, 0.25) is 0 Å². The molecule has 0 aliphatic heterocycles. The summed E-state index contributed by atoms with van der Waals surface area (Å²) in [5.41, 5.74) is 2.14. The van der Waals surface area contributed by atoms with E-state index in [-0.39, 0.29) is 24.5 Å². The number of nitrogens with zero attached hydrogens (tertiary/aromatic N) is 2. The number of urea groups is 1. The molecule has 1 fully saturated rings. The molecule has 1 aromatic heterocycles. The summed E-state index contributed by atoms with van der Waals surface area (Å²) in [6.07, 6.45) is 5.30. The summed E-state index contributed by atoms with van der Waals surface area (Å²) < 4.78 is 0. The number of amides is 3. The van der Waals surface area contributed by atoms with Gasteiger partial charge in [0.05, 0.1) is 6.54 Å². The third-order valence-corrected chi connectivity index (χ3v) is 7.57. The summed E-state index contributed by atoms with van der Waals surface area (Å²) in [4.78, 5) is 33.1. The molecule has 4 rings (SSSR count). The van der Waals surface area contributed by atoms with Gasteiger partial charge in [0.15, 0.2) is 0 Å². The lowest BCUT2D eigenvalue weighted by molar-refractivity contribution is -0.133. The maximum absolute atomic E-state index is 13.7. The molecule has 35 heavy (non-hydrogen) atoms. The largest absolute Gasteiger partial charge is 0.334 e. The minimum atomic E-state index is -0.152. The van der Waals surface area contributed by atoms with Crippen molar-refractivity contribution in [2.45, 2.75) is 64.7 Å². The van der Waals surface area contributed by atoms with E-state index in [1.54, 1.807) is 16.2 Å². The maximum atomic E-state index is 13.7. The zero-order valence-electron chi connectivity index (χ0n) is 20.5. The molecule has 1 saturated carbocycles. The zero-order chi connectivity index (χ0) is 24.5. The van der Waals surface area contributed by atoms with E-state index in [1.165, 1.54) is 11.3 Å². The van der Waals surface area contributed by atoms with Crippen molar-refractivity contribution in [3.63, 3.8) is 0 Å². The molecule has 1 aliphatic carbocycles. The lowest BCUT2D eigenvalue weighted by Gasteiger charge is -2.35. The van der Waals surface area contributed by atoms with Crippen molar-refractivity contribution in [3.05, 3.63) is 93.7 Å². The molecule has 0 saturated heterocycles. The predicted molar refractivity (Wildman–Crippen MR) is 142 cm³/mol. The van der Waals surface area contributed by atoms with E-state index in [4.69, 9.17) is 0 Å². The minimum Gasteiger partial charge on any atom is -0.334 e. The molecule has 5 nitrogen and oxygen atoms in total. The van der Waals surface area contributed by atoms with Crippen LogP contribution >= 0.6 is 11.3 Å². The first kappa shape index (κ1) is 25.0. The summed E-state index contributed by atoms with van der Waals surface area (Å²) in [5, 5.41) is 3.06. The number of hydrogen-bond donors (Lipinski definition) is 1. The van der Waals surface area contributed by atoms with E-state index in [0.717, 1.165) is 41.7 Å². The summed E-state index contributed by atoms with van der Waals surface area (Å²) in [7, 11) is 0. The Balaban J connectivity index is 1.49. The minimum absolute atomic E-state index is 0.0136. The fourth-order valence-electron chi connectivity index (χ4n) is 4.67. The van der Waals surface area contributed by atoms with Gasteiger partial charge in [0.2, 0.25) is 5.91 Å². The first-order valence-corrected chi connectivity index (χ1v) is 13.4. The molecule has 2 aromatic carbocycles. The number of aryl methyl sites for hydroxylation is 1. The molecule has 6 heteroatoms. The highest BCUT2D eigenvalue weighted by Gasteiger charge is 2.29. The molecule has 3 amide bonds. The van der Waals surface area contributed by atoms with Crippen molar-refractivity contribution in [2.24, 2.45) is 0 Å². The highest BCUT2D eigenvalue weighted by molar-refractivity contribution is 7.11. The highest BCUT2D eigenvalue weighted by Crippen LogP contribution is 2.24. The SMILES string of the molecule is Cc1ccc(CN(Cc2ccccc2)C(=O)CN(C(=O)NCc2ccccc2)C2CCCCC2)s1. The van der Waals surface area contributed by atoms with Gasteiger partial charge < -0.3 is 15.1 Å². The summed E-state index contributed by atoms with van der Waals surface area (Å²) in [6, 6.07) is 24.1. The van der Waals surface area contributed by atoms with E-state index in [9.17, 15) is 9.59 Å². The number of thiophene rings is 1. The second-order valence-corrected chi connectivity index (χ2v) is 10.7. The van der Waals surface area contributed by atoms with E-state index < -0.39 is 0 Å². The number of carbonyl (C=O) groups is 2. The van der Waals surface area contributed by atoms with Crippen LogP contribution in [0.1, 0.15) is 53.0 Å². The van der Waals surface area contributed by atoms with Gasteiger partial charge in [-0.2, -0.15) is 0 Å². The second-order valence-electron chi connectivity index (χ2n) is 9.31. The summed E-state index contributed by atoms with van der Waals surface area (Å²) >= 11 is 1.72. The second kappa shape index (κ2) is 12.5. The van der Waals surface area contributed by atoms with E-state index in [1.807, 2.05) is 65.6 Å². The van der Waals surface area contributed by atoms with Gasteiger partial charge in [-0.05, 0) is 43.0 Å². The Hall–Kier alpha value is -3.12. The molecule has 184 valence electrons. The Labute approximate surface area is 212 Å². The molecule has 1 aliphatic rings. The van der Waals surface area contributed by atoms with Gasteiger partial charge >= 0.3 is 6.03 Å². The van der Waals surface area contributed by atoms with Crippen LogP contribution in [-0.2, 0) is 24.4 Å². The summed E-state index contributed by atoms with van der Waals surface area (Å²) in [5.74, 6) is -0.0136. The third kappa shape index (κ3) is 7.43. The molecule has 1 N–H and O–H groups in total. The Morgan fingerprint density at radius 1 is 0.857 bits per heavy atom. The van der Waals surface area contributed by atoms with Gasteiger partial charge in [-0.15, -0.1) is 11.3 Å². The van der Waals surface area contributed by atoms with E-state index >= 15 is 0 Å². The number of nitrogens with one attached hydrogen (secondary N) is 1. The van der Waals surface area contributed by atoms with Gasteiger partial charge in [-0.3, -0.25) is 4.79 Å². The Kier molecular flexibility index (Phi) is 8.96. The van der Waals surface area contributed by atoms with Crippen molar-refractivity contribution < 1.29 is 9.59 Å². The number of benzene rings is 2. The predicted octanol–water partition coefficient (Wildman–Crippen LogP) is 6.13. The molecular weight excluding hydrogens is 454 g/mol. The van der Waals surface area contributed by atoms with Crippen LogP contribution in [0.5, 0.6) is 0 Å². The monoisotopic (exact) mass is 489 g/mol. The molecule has 0 unspecified atom stereocenters. The lowest BCUT2D eigenvalue weighted by atomic mass is 9.94. The molecule has 3 aromatic rings. The van der Waals surface area contributed by atoms with Crippen LogP contribution in [0.3, 0.4) is 0 Å². The maximum Gasteiger partial charge on any atom is 0.318 e. The average Bonchev–Trinajstić information content (AvgIpc) is 3.31. The molecule has 0 spiro atoms. The molecular formula is C29H35N3O2S. The van der Waals surface area contributed by atoms with Crippen molar-refractivity contribution in [1.29, 1.82) is 0 Å². The quantitative estimate of drug-likeness (QED) is 0.393. The Morgan fingerprint density at radius 3 is 2.14 bits per heavy atom. The Bertz CT molecular complexity index is 1080. The highest BCUT2D eigenvalue weighted by atomic mass is 32.1. The van der Waals surface area contributed by atoms with Crippen LogP contribution in [0, 0.1) is 6.92 Å². The zero-order valence-corrected chi connectivity index (χ0v) is 21.3. The topological polar surface area (TPSA) is 52.7 Å². The van der Waals surface area contributed by atoms with Gasteiger partial charge in [0.1, 0.15) is 6.54 Å². The molecule has 0 bridgehead atoms. The third-order valence-electron chi connectivity index (χ3n) is 6.58. The van der Waals surface area contributed by atoms with Gasteiger partial charge in [0.25, 0.3) is 0 Å². The number of rotatable bonds is 9. The molecule has 1 heterocycles. The van der Waals surface area contributed by atoms with Crippen LogP contribution in [0.4, 0.5) is 4.79 Å². The van der Waals surface area contributed by atoms with Crippen LogP contribution in [0.15, 0.2) is 72.8 Å². The lowest BCUT2D eigenvalue weighted by Crippen LogP contribution is -2.51. The van der Waals surface area contributed by atoms with Gasteiger partial charge in [-0.25, -0.2) is 4.79 Å². The first-order valence-electron chi connectivity index (χ1n) is 12.5.